The number of oxime groups is 1. The molecule has 0 saturated heterocycles. The molecule has 0 aliphatic heterocycles. The van der Waals surface area contributed by atoms with Gasteiger partial charge in [-0.1, -0.05) is 60.9 Å². The van der Waals surface area contributed by atoms with Crippen LogP contribution in [0.2, 0.25) is 5.02 Å². The van der Waals surface area contributed by atoms with Crippen molar-refractivity contribution in [2.45, 2.75) is 26.7 Å². The number of anilines is 1. The van der Waals surface area contributed by atoms with E-state index < -0.39 is 0 Å². The minimum absolute atomic E-state index is 0.134. The minimum Gasteiger partial charge on any atom is -0.386 e. The van der Waals surface area contributed by atoms with Crippen molar-refractivity contribution in [1.29, 1.82) is 0 Å². The number of carbonyl (C=O) groups excluding carboxylic acids is 1. The number of nitrogens with zero attached hydrogens (tertiary/aromatic N) is 1. The molecule has 5 heteroatoms. The van der Waals surface area contributed by atoms with Crippen molar-refractivity contribution in [3.05, 3.63) is 64.2 Å². The Morgan fingerprint density at radius 3 is 2.33 bits per heavy atom. The summed E-state index contributed by atoms with van der Waals surface area (Å²) in [5.74, 6) is -0.223. The summed E-state index contributed by atoms with van der Waals surface area (Å²) in [5.41, 5.74) is 3.97. The maximum atomic E-state index is 12.1. The molecule has 0 spiro atoms. The summed E-state index contributed by atoms with van der Waals surface area (Å²) in [6, 6.07) is 13.2. The summed E-state index contributed by atoms with van der Waals surface area (Å²) in [7, 11) is 0. The number of halogens is 1. The first kappa shape index (κ1) is 18.0. The predicted octanol–water partition coefficient (Wildman–Crippen LogP) is 4.45. The third-order valence-corrected chi connectivity index (χ3v) is 3.86. The fourth-order valence-corrected chi connectivity index (χ4v) is 2.45. The Morgan fingerprint density at radius 2 is 1.75 bits per heavy atom. The van der Waals surface area contributed by atoms with Gasteiger partial charge in [0, 0.05) is 10.7 Å². The van der Waals surface area contributed by atoms with E-state index in [-0.39, 0.29) is 12.5 Å². The summed E-state index contributed by atoms with van der Waals surface area (Å²) in [6.45, 7) is 4.00. The first-order valence-corrected chi connectivity index (χ1v) is 8.33. The summed E-state index contributed by atoms with van der Waals surface area (Å²) < 4.78 is 0. The molecule has 0 heterocycles. The average molecular weight is 345 g/mol. The molecule has 0 radical (unpaired) electrons. The van der Waals surface area contributed by atoms with E-state index in [1.807, 2.05) is 30.3 Å². The number of rotatable bonds is 7. The molecule has 24 heavy (non-hydrogen) atoms. The largest absolute Gasteiger partial charge is 0.386 e. The van der Waals surface area contributed by atoms with Crippen molar-refractivity contribution in [3.63, 3.8) is 0 Å². The third-order valence-electron chi connectivity index (χ3n) is 3.61. The van der Waals surface area contributed by atoms with Crippen LogP contribution in [0.15, 0.2) is 47.6 Å². The summed E-state index contributed by atoms with van der Waals surface area (Å²) >= 11 is 5.81. The fraction of sp³-hybridized carbons (Fsp3) is 0.263. The number of carbonyl (C=O) groups is 1. The monoisotopic (exact) mass is 344 g/mol. The molecule has 0 unspecified atom stereocenters. The number of para-hydroxylation sites is 1. The highest BCUT2D eigenvalue weighted by atomic mass is 35.5. The highest BCUT2D eigenvalue weighted by Crippen LogP contribution is 2.22. The van der Waals surface area contributed by atoms with E-state index >= 15 is 0 Å². The Hall–Kier alpha value is -2.33. The first-order valence-electron chi connectivity index (χ1n) is 7.95. The van der Waals surface area contributed by atoms with E-state index in [2.05, 4.69) is 24.3 Å². The van der Waals surface area contributed by atoms with Crippen molar-refractivity contribution in [2.24, 2.45) is 5.16 Å². The molecule has 0 bridgehead atoms. The zero-order chi connectivity index (χ0) is 17.4. The Kier molecular flexibility index (Phi) is 6.82. The topological polar surface area (TPSA) is 50.7 Å². The molecular weight excluding hydrogens is 324 g/mol. The molecule has 2 rings (SSSR count). The van der Waals surface area contributed by atoms with Crippen molar-refractivity contribution in [1.82, 2.24) is 0 Å². The van der Waals surface area contributed by atoms with Crippen molar-refractivity contribution in [2.75, 3.05) is 11.9 Å². The minimum atomic E-state index is -0.223. The second-order valence-electron chi connectivity index (χ2n) is 5.27. The summed E-state index contributed by atoms with van der Waals surface area (Å²) in [5, 5.41) is 7.40. The fourth-order valence-electron chi connectivity index (χ4n) is 2.32. The lowest BCUT2D eigenvalue weighted by Gasteiger charge is -2.13. The van der Waals surface area contributed by atoms with Crippen LogP contribution in [0.25, 0.3) is 0 Å². The molecule has 2 aromatic carbocycles. The number of hydrogen-bond donors (Lipinski definition) is 1. The molecule has 126 valence electrons. The van der Waals surface area contributed by atoms with Gasteiger partial charge in [-0.05, 0) is 41.7 Å². The third kappa shape index (κ3) is 5.10. The first-order chi connectivity index (χ1) is 11.6. The summed E-state index contributed by atoms with van der Waals surface area (Å²) in [6.07, 6.45) is 3.26. The van der Waals surface area contributed by atoms with Gasteiger partial charge in [-0.2, -0.15) is 0 Å². The Labute approximate surface area is 147 Å². The number of hydrogen-bond acceptors (Lipinski definition) is 3. The van der Waals surface area contributed by atoms with E-state index in [4.69, 9.17) is 16.4 Å². The van der Waals surface area contributed by atoms with Gasteiger partial charge in [0.25, 0.3) is 5.91 Å². The van der Waals surface area contributed by atoms with Crippen LogP contribution in [0.3, 0.4) is 0 Å². The average Bonchev–Trinajstić information content (AvgIpc) is 2.60. The summed E-state index contributed by atoms with van der Waals surface area (Å²) in [4.78, 5) is 17.2. The van der Waals surface area contributed by atoms with Crippen molar-refractivity contribution < 1.29 is 9.63 Å². The lowest BCUT2D eigenvalue weighted by Crippen LogP contribution is -2.19. The highest BCUT2D eigenvalue weighted by molar-refractivity contribution is 6.30. The number of amides is 1. The smallest absolute Gasteiger partial charge is 0.265 e. The van der Waals surface area contributed by atoms with Crippen LogP contribution in [-0.2, 0) is 22.5 Å². The normalized spacial score (nSPS) is 10.8. The maximum Gasteiger partial charge on any atom is 0.265 e. The van der Waals surface area contributed by atoms with Gasteiger partial charge in [-0.25, -0.2) is 0 Å². The van der Waals surface area contributed by atoms with Crippen molar-refractivity contribution >= 4 is 29.4 Å². The van der Waals surface area contributed by atoms with E-state index in [0.29, 0.717) is 5.02 Å². The second-order valence-corrected chi connectivity index (χ2v) is 5.70. The van der Waals surface area contributed by atoms with Crippen LogP contribution >= 0.6 is 11.6 Å². The molecule has 0 saturated carbocycles. The highest BCUT2D eigenvalue weighted by Gasteiger charge is 2.10. The standard InChI is InChI=1S/C19H21ClN2O2/c1-3-15-6-5-7-16(4-2)19(15)22-18(23)13-24-21-12-14-8-10-17(20)11-9-14/h5-12H,3-4,13H2,1-2H3,(H,22,23)/b21-12+. The van der Waals surface area contributed by atoms with E-state index in [0.717, 1.165) is 35.2 Å². The molecule has 2 aromatic rings. The van der Waals surface area contributed by atoms with Crippen LogP contribution in [-0.4, -0.2) is 18.7 Å². The molecule has 0 aromatic heterocycles. The van der Waals surface area contributed by atoms with Gasteiger partial charge in [0.1, 0.15) is 0 Å². The van der Waals surface area contributed by atoms with Gasteiger partial charge >= 0.3 is 0 Å². The second kappa shape index (κ2) is 9.08. The number of nitrogens with one attached hydrogen (secondary N) is 1. The molecule has 0 aliphatic carbocycles. The molecular formula is C19H21ClN2O2. The molecule has 0 atom stereocenters. The zero-order valence-electron chi connectivity index (χ0n) is 13.9. The van der Waals surface area contributed by atoms with E-state index in [1.165, 1.54) is 0 Å². The molecule has 1 amide bonds. The Bertz CT molecular complexity index is 690. The van der Waals surface area contributed by atoms with Crippen LogP contribution in [0.4, 0.5) is 5.69 Å². The van der Waals surface area contributed by atoms with Crippen LogP contribution in [0, 0.1) is 0 Å². The Balaban J connectivity index is 1.91. The number of benzene rings is 2. The molecule has 4 nitrogen and oxygen atoms in total. The van der Waals surface area contributed by atoms with Gasteiger partial charge < -0.3 is 10.2 Å². The predicted molar refractivity (Wildman–Crippen MR) is 98.8 cm³/mol. The van der Waals surface area contributed by atoms with Gasteiger partial charge in [0.05, 0.1) is 6.21 Å². The van der Waals surface area contributed by atoms with Crippen LogP contribution in [0.5, 0.6) is 0 Å². The quantitative estimate of drug-likeness (QED) is 0.595. The van der Waals surface area contributed by atoms with Gasteiger partial charge in [0.2, 0.25) is 0 Å². The number of aryl methyl sites for hydroxylation is 2. The Morgan fingerprint density at radius 1 is 1.12 bits per heavy atom. The van der Waals surface area contributed by atoms with E-state index in [1.54, 1.807) is 18.3 Å². The van der Waals surface area contributed by atoms with Crippen molar-refractivity contribution in [3.8, 4) is 0 Å². The van der Waals surface area contributed by atoms with Gasteiger partial charge in [0.15, 0.2) is 6.61 Å². The van der Waals surface area contributed by atoms with E-state index in [9.17, 15) is 4.79 Å². The molecule has 0 aliphatic rings. The van der Waals surface area contributed by atoms with Crippen LogP contribution in [0.1, 0.15) is 30.5 Å². The maximum absolute atomic E-state index is 12.1. The molecule has 0 fully saturated rings. The zero-order valence-corrected chi connectivity index (χ0v) is 14.6. The lowest BCUT2D eigenvalue weighted by molar-refractivity contribution is -0.120. The SMILES string of the molecule is CCc1cccc(CC)c1NC(=O)CO/N=C/c1ccc(Cl)cc1. The van der Waals surface area contributed by atoms with Gasteiger partial charge in [-0.3, -0.25) is 4.79 Å². The lowest BCUT2D eigenvalue weighted by atomic mass is 10.0. The van der Waals surface area contributed by atoms with Gasteiger partial charge in [-0.15, -0.1) is 0 Å². The molecule has 1 N–H and O–H groups in total. The van der Waals surface area contributed by atoms with Crippen LogP contribution < -0.4 is 5.32 Å².